The Bertz CT molecular complexity index is 558. The molecule has 0 atom stereocenters. The lowest BCUT2D eigenvalue weighted by atomic mass is 10.0. The minimum atomic E-state index is -0.943. The van der Waals surface area contributed by atoms with Gasteiger partial charge >= 0.3 is 11.9 Å². The third-order valence-corrected chi connectivity index (χ3v) is 3.58. The van der Waals surface area contributed by atoms with Gasteiger partial charge < -0.3 is 5.21 Å². The molecular formula is C14H21N3O3. The third kappa shape index (κ3) is 2.01. The first-order valence-electron chi connectivity index (χ1n) is 6.00. The number of urea groups is 1. The second-order valence-corrected chi connectivity index (χ2v) is 5.39. The van der Waals surface area contributed by atoms with Gasteiger partial charge in [0.25, 0.3) is 5.82 Å². The predicted molar refractivity (Wildman–Crippen MR) is 76.3 cm³/mol. The summed E-state index contributed by atoms with van der Waals surface area (Å²) in [4.78, 5) is 26.9. The first-order chi connectivity index (χ1) is 8.67. The molecule has 0 aromatic carbocycles. The van der Waals surface area contributed by atoms with Crippen molar-refractivity contribution >= 4 is 17.8 Å². The second-order valence-electron chi connectivity index (χ2n) is 5.39. The molecule has 0 bridgehead atoms. The van der Waals surface area contributed by atoms with Crippen LogP contribution in [0.15, 0.2) is 12.3 Å². The molecule has 1 fully saturated rings. The van der Waals surface area contributed by atoms with E-state index in [9.17, 15) is 14.8 Å². The average Bonchev–Trinajstić information content (AvgIpc) is 2.43. The van der Waals surface area contributed by atoms with Gasteiger partial charge in [0, 0.05) is 12.6 Å². The molecule has 1 aromatic heterocycles. The molecule has 0 unspecified atom stereocenters. The number of aromatic nitrogens is 1. The molecule has 110 valence electrons. The molecule has 3 amide bonds. The summed E-state index contributed by atoms with van der Waals surface area (Å²) >= 11 is 0. The SMILES string of the molecule is C.Cc1cc(C)c(N2C(=O)N(C)C(C)(C)C2=O)[n+]([O-])c1. The molecule has 6 heteroatoms. The van der Waals surface area contributed by atoms with Gasteiger partial charge in [-0.05, 0) is 39.3 Å². The van der Waals surface area contributed by atoms with Crippen LogP contribution < -0.4 is 9.63 Å². The molecule has 6 nitrogen and oxygen atoms in total. The second kappa shape index (κ2) is 4.77. The Morgan fingerprint density at radius 3 is 2.20 bits per heavy atom. The van der Waals surface area contributed by atoms with Crippen molar-refractivity contribution in [3.63, 3.8) is 0 Å². The minimum Gasteiger partial charge on any atom is -0.711 e. The number of nitrogens with zero attached hydrogens (tertiary/aromatic N) is 3. The molecule has 1 aromatic rings. The Kier molecular flexibility index (Phi) is 3.81. The van der Waals surface area contributed by atoms with E-state index >= 15 is 0 Å². The van der Waals surface area contributed by atoms with Gasteiger partial charge in [0.2, 0.25) is 0 Å². The third-order valence-electron chi connectivity index (χ3n) is 3.58. The Hall–Kier alpha value is -2.11. The first-order valence-corrected chi connectivity index (χ1v) is 6.00. The number of carbonyl (C=O) groups excluding carboxylic acids is 2. The van der Waals surface area contributed by atoms with E-state index in [2.05, 4.69) is 0 Å². The molecular weight excluding hydrogens is 258 g/mol. The van der Waals surface area contributed by atoms with Crippen LogP contribution in [0.25, 0.3) is 0 Å². The number of rotatable bonds is 1. The summed E-state index contributed by atoms with van der Waals surface area (Å²) in [5.74, 6) is -0.311. The van der Waals surface area contributed by atoms with Crippen LogP contribution in [0.1, 0.15) is 32.4 Å². The van der Waals surface area contributed by atoms with E-state index in [-0.39, 0.29) is 13.2 Å². The zero-order valence-corrected chi connectivity index (χ0v) is 11.7. The van der Waals surface area contributed by atoms with Crippen molar-refractivity contribution < 1.29 is 14.3 Å². The first kappa shape index (κ1) is 15.9. The molecule has 0 N–H and O–H groups in total. The van der Waals surface area contributed by atoms with Crippen LogP contribution in [0.2, 0.25) is 0 Å². The quantitative estimate of drug-likeness (QED) is 0.447. The number of hydrogen-bond acceptors (Lipinski definition) is 3. The maximum atomic E-state index is 12.3. The molecule has 0 aliphatic carbocycles. The van der Waals surface area contributed by atoms with Crippen LogP contribution in [-0.2, 0) is 4.79 Å². The van der Waals surface area contributed by atoms with E-state index in [1.807, 2.05) is 0 Å². The highest BCUT2D eigenvalue weighted by Gasteiger charge is 2.57. The highest BCUT2D eigenvalue weighted by Crippen LogP contribution is 2.30. The summed E-state index contributed by atoms with van der Waals surface area (Å²) in [6.07, 6.45) is 1.36. The van der Waals surface area contributed by atoms with Crippen molar-refractivity contribution in [2.24, 2.45) is 0 Å². The van der Waals surface area contributed by atoms with Gasteiger partial charge in [-0.3, -0.25) is 4.90 Å². The Balaban J connectivity index is 0.00000200. The van der Waals surface area contributed by atoms with Crippen molar-refractivity contribution in [1.82, 2.24) is 4.90 Å². The zero-order chi connectivity index (χ0) is 14.5. The summed E-state index contributed by atoms with van der Waals surface area (Å²) in [5, 5.41) is 12.0. The van der Waals surface area contributed by atoms with E-state index in [0.717, 1.165) is 10.5 Å². The predicted octanol–water partition coefficient (Wildman–Crippen LogP) is 1.75. The molecule has 20 heavy (non-hydrogen) atoms. The lowest BCUT2D eigenvalue weighted by Gasteiger charge is -2.19. The van der Waals surface area contributed by atoms with E-state index in [4.69, 9.17) is 0 Å². The van der Waals surface area contributed by atoms with Gasteiger partial charge in [0.15, 0.2) is 0 Å². The fourth-order valence-corrected chi connectivity index (χ4v) is 2.22. The van der Waals surface area contributed by atoms with Crippen molar-refractivity contribution in [1.29, 1.82) is 0 Å². The topological polar surface area (TPSA) is 67.6 Å². The van der Waals surface area contributed by atoms with Gasteiger partial charge in [0.05, 0.1) is 6.20 Å². The van der Waals surface area contributed by atoms with Crippen LogP contribution in [0.5, 0.6) is 0 Å². The Morgan fingerprint density at radius 1 is 1.25 bits per heavy atom. The minimum absolute atomic E-state index is 0. The maximum absolute atomic E-state index is 12.3. The standard InChI is InChI=1S/C13H17N3O3.CH4/c1-8-6-9(2)10(15(19)7-8)16-11(17)13(3,4)14(5)12(16)18;/h6-7H,1-5H3;1H4. The molecule has 2 heterocycles. The van der Waals surface area contributed by atoms with E-state index in [0.29, 0.717) is 10.3 Å². The Morgan fingerprint density at radius 2 is 1.80 bits per heavy atom. The number of aryl methyl sites for hydroxylation is 2. The molecule has 1 aliphatic rings. The van der Waals surface area contributed by atoms with Gasteiger partial charge in [0.1, 0.15) is 5.54 Å². The number of hydrogen-bond donors (Lipinski definition) is 0. The largest absolute Gasteiger partial charge is 0.711 e. The lowest BCUT2D eigenvalue weighted by Crippen LogP contribution is -2.44. The molecule has 0 radical (unpaired) electrons. The van der Waals surface area contributed by atoms with E-state index in [1.165, 1.54) is 11.1 Å². The highest BCUT2D eigenvalue weighted by atomic mass is 16.5. The van der Waals surface area contributed by atoms with Crippen LogP contribution in [0.3, 0.4) is 0 Å². The number of carbonyl (C=O) groups is 2. The number of likely N-dealkylation sites (N-methyl/N-ethyl adjacent to an activating group) is 1. The summed E-state index contributed by atoms with van der Waals surface area (Å²) in [6, 6.07) is 1.29. The summed E-state index contributed by atoms with van der Waals surface area (Å²) in [7, 11) is 1.55. The van der Waals surface area contributed by atoms with Crippen LogP contribution in [-0.4, -0.2) is 29.4 Å². The number of imide groups is 1. The zero-order valence-electron chi connectivity index (χ0n) is 11.7. The fraction of sp³-hybridized carbons (Fsp3) is 0.500. The van der Waals surface area contributed by atoms with Crippen LogP contribution >= 0.6 is 0 Å². The van der Waals surface area contributed by atoms with Gasteiger partial charge in [-0.2, -0.15) is 0 Å². The van der Waals surface area contributed by atoms with Crippen molar-refractivity contribution in [2.45, 2.75) is 40.7 Å². The highest BCUT2D eigenvalue weighted by molar-refractivity contribution is 6.22. The summed E-state index contributed by atoms with van der Waals surface area (Å²) in [6.45, 7) is 6.81. The lowest BCUT2D eigenvalue weighted by molar-refractivity contribution is -0.592. The van der Waals surface area contributed by atoms with Crippen molar-refractivity contribution in [3.05, 3.63) is 28.6 Å². The molecule has 1 aliphatic heterocycles. The molecule has 2 rings (SSSR count). The van der Waals surface area contributed by atoms with Gasteiger partial charge in [-0.1, -0.05) is 7.43 Å². The maximum Gasteiger partial charge on any atom is 0.419 e. The summed E-state index contributed by atoms with van der Waals surface area (Å²) < 4.78 is 0.579. The average molecular weight is 279 g/mol. The summed E-state index contributed by atoms with van der Waals surface area (Å²) in [5.41, 5.74) is 0.437. The van der Waals surface area contributed by atoms with Crippen LogP contribution in [0.4, 0.5) is 10.6 Å². The van der Waals surface area contributed by atoms with Crippen molar-refractivity contribution in [2.75, 3.05) is 11.9 Å². The van der Waals surface area contributed by atoms with Crippen molar-refractivity contribution in [3.8, 4) is 0 Å². The van der Waals surface area contributed by atoms with E-state index < -0.39 is 17.5 Å². The van der Waals surface area contributed by atoms with Gasteiger partial charge in [-0.25, -0.2) is 14.3 Å². The van der Waals surface area contributed by atoms with Gasteiger partial charge in [-0.15, -0.1) is 4.90 Å². The fourth-order valence-electron chi connectivity index (χ4n) is 2.22. The number of pyridine rings is 1. The smallest absolute Gasteiger partial charge is 0.419 e. The molecule has 1 saturated heterocycles. The Labute approximate surface area is 119 Å². The van der Waals surface area contributed by atoms with E-state index in [1.54, 1.807) is 40.8 Å². The monoisotopic (exact) mass is 279 g/mol. The number of anilines is 1. The number of amides is 3. The van der Waals surface area contributed by atoms with Crippen LogP contribution in [0, 0.1) is 19.1 Å². The molecule has 0 saturated carbocycles. The normalized spacial score (nSPS) is 17.4. The molecule has 0 spiro atoms.